The molecular weight excluding hydrogens is 620 g/mol. The maximum Gasteiger partial charge on any atom is 0.338 e. The van der Waals surface area contributed by atoms with Gasteiger partial charge in [0.1, 0.15) is 23.7 Å². The van der Waals surface area contributed by atoms with Gasteiger partial charge in [-0.3, -0.25) is 4.79 Å². The average molecular weight is 665 g/mol. The first-order valence-corrected chi connectivity index (χ1v) is 16.4. The second kappa shape index (κ2) is 17.4. The SMILES string of the molecule is Cc1cccc(C#C[C@@]2(O)CCC[C@@H](N)C2)c1.Cc1cccc(C#C[C@]2(O)CCC[C@H](NC(=O)c3ccoc3)C2)c1.O=C(O)c1ccoc1. The molecule has 0 bridgehead atoms. The van der Waals surface area contributed by atoms with Crippen molar-refractivity contribution in [1.82, 2.24) is 5.32 Å². The molecule has 2 aromatic carbocycles. The molecule has 4 atom stereocenters. The predicted octanol–water partition coefficient (Wildman–Crippen LogP) is 6.00. The van der Waals surface area contributed by atoms with E-state index in [0.717, 1.165) is 48.8 Å². The summed E-state index contributed by atoms with van der Waals surface area (Å²) in [5.41, 5.74) is 8.79. The van der Waals surface area contributed by atoms with Crippen molar-refractivity contribution < 1.29 is 33.7 Å². The van der Waals surface area contributed by atoms with Gasteiger partial charge in [-0.2, -0.15) is 0 Å². The van der Waals surface area contributed by atoms with Crippen molar-refractivity contribution in [2.24, 2.45) is 5.73 Å². The molecule has 0 unspecified atom stereocenters. The lowest BCUT2D eigenvalue weighted by molar-refractivity contribution is 0.0451. The molecule has 9 nitrogen and oxygen atoms in total. The minimum absolute atomic E-state index is 0.0839. The predicted molar refractivity (Wildman–Crippen MR) is 187 cm³/mol. The van der Waals surface area contributed by atoms with Crippen molar-refractivity contribution in [3.8, 4) is 23.7 Å². The molecule has 256 valence electrons. The van der Waals surface area contributed by atoms with Crippen molar-refractivity contribution in [2.75, 3.05) is 0 Å². The molecule has 9 heteroatoms. The van der Waals surface area contributed by atoms with E-state index in [2.05, 4.69) is 33.4 Å². The zero-order valence-corrected chi connectivity index (χ0v) is 27.9. The summed E-state index contributed by atoms with van der Waals surface area (Å²) >= 11 is 0. The number of amides is 1. The van der Waals surface area contributed by atoms with E-state index in [1.165, 1.54) is 36.7 Å². The zero-order chi connectivity index (χ0) is 35.3. The smallest absolute Gasteiger partial charge is 0.338 e. The topological polar surface area (TPSA) is 159 Å². The van der Waals surface area contributed by atoms with Crippen molar-refractivity contribution in [3.63, 3.8) is 0 Å². The quantitative estimate of drug-likeness (QED) is 0.167. The summed E-state index contributed by atoms with van der Waals surface area (Å²) < 4.78 is 9.43. The summed E-state index contributed by atoms with van der Waals surface area (Å²) in [6.07, 6.45) is 11.4. The van der Waals surface area contributed by atoms with E-state index in [1.807, 2.05) is 62.4 Å². The van der Waals surface area contributed by atoms with Gasteiger partial charge in [-0.15, -0.1) is 0 Å². The van der Waals surface area contributed by atoms with E-state index in [9.17, 15) is 19.8 Å². The van der Waals surface area contributed by atoms with Crippen LogP contribution in [0.4, 0.5) is 0 Å². The Balaban J connectivity index is 0.000000187. The van der Waals surface area contributed by atoms with Gasteiger partial charge >= 0.3 is 5.97 Å². The number of carboxylic acid groups (broad SMARTS) is 1. The Morgan fingerprint density at radius 2 is 1.33 bits per heavy atom. The second-order valence-electron chi connectivity index (χ2n) is 12.8. The molecule has 2 fully saturated rings. The van der Waals surface area contributed by atoms with Crippen LogP contribution in [-0.2, 0) is 0 Å². The van der Waals surface area contributed by atoms with E-state index in [-0.39, 0.29) is 23.6 Å². The van der Waals surface area contributed by atoms with E-state index in [1.54, 1.807) is 6.07 Å². The van der Waals surface area contributed by atoms with Crippen LogP contribution >= 0.6 is 0 Å². The third-order valence-electron chi connectivity index (χ3n) is 8.29. The number of carbonyl (C=O) groups is 2. The highest BCUT2D eigenvalue weighted by Crippen LogP contribution is 2.29. The van der Waals surface area contributed by atoms with Crippen LogP contribution in [0, 0.1) is 37.5 Å². The van der Waals surface area contributed by atoms with Crippen LogP contribution in [0.2, 0.25) is 0 Å². The fourth-order valence-corrected chi connectivity index (χ4v) is 5.77. The van der Waals surface area contributed by atoms with Crippen LogP contribution in [0.3, 0.4) is 0 Å². The summed E-state index contributed by atoms with van der Waals surface area (Å²) in [5.74, 6) is 11.0. The molecule has 2 aromatic heterocycles. The maximum atomic E-state index is 12.1. The number of hydrogen-bond donors (Lipinski definition) is 5. The summed E-state index contributed by atoms with van der Waals surface area (Å²) in [6, 6.07) is 18.9. The van der Waals surface area contributed by atoms with E-state index < -0.39 is 17.2 Å². The minimum Gasteiger partial charge on any atom is -0.478 e. The number of carboxylic acids is 1. The van der Waals surface area contributed by atoms with Gasteiger partial charge in [0.25, 0.3) is 5.91 Å². The molecule has 1 amide bonds. The Hall–Kier alpha value is -5.06. The Labute approximate surface area is 287 Å². The molecule has 2 aliphatic carbocycles. The molecule has 6 N–H and O–H groups in total. The van der Waals surface area contributed by atoms with Gasteiger partial charge in [0.05, 0.1) is 23.7 Å². The molecule has 6 rings (SSSR count). The van der Waals surface area contributed by atoms with Crippen molar-refractivity contribution >= 4 is 11.9 Å². The number of aryl methyl sites for hydroxylation is 2. The first-order chi connectivity index (χ1) is 23.4. The number of hydrogen-bond acceptors (Lipinski definition) is 7. The van der Waals surface area contributed by atoms with E-state index in [0.29, 0.717) is 24.8 Å². The van der Waals surface area contributed by atoms with Gasteiger partial charge < -0.3 is 35.2 Å². The van der Waals surface area contributed by atoms with Crippen LogP contribution < -0.4 is 11.1 Å². The largest absolute Gasteiger partial charge is 0.478 e. The molecule has 0 saturated heterocycles. The molecule has 0 radical (unpaired) electrons. The molecule has 0 spiro atoms. The summed E-state index contributed by atoms with van der Waals surface area (Å²) in [7, 11) is 0. The standard InChI is InChI=1S/C20H21NO3.C15H19NO.C5H4O3/c1-15-4-2-5-16(12-15)7-10-20(23)9-3-6-18(13-20)21-19(22)17-8-11-24-14-17;1-12-4-2-5-13(10-12)7-9-15(17)8-3-6-14(16)11-15;6-5(7)4-1-2-8-3-4/h2,4-5,8,11-12,14,18,23H,3,6,9,13H2,1H3,(H,21,22);2,4-5,10,14,17H,3,6,8,11,16H2,1H3;1-3H,(H,6,7)/t18-,20+;14-,15+;/m01./s1. The highest BCUT2D eigenvalue weighted by atomic mass is 16.4. The first-order valence-electron chi connectivity index (χ1n) is 16.4. The number of benzene rings is 2. The Morgan fingerprint density at radius 3 is 1.80 bits per heavy atom. The number of rotatable bonds is 3. The van der Waals surface area contributed by atoms with Gasteiger partial charge in [0.15, 0.2) is 0 Å². The van der Waals surface area contributed by atoms with Crippen LogP contribution in [0.25, 0.3) is 0 Å². The second-order valence-corrected chi connectivity index (χ2v) is 12.8. The molecule has 2 aliphatic rings. The van der Waals surface area contributed by atoms with Crippen LogP contribution in [0.5, 0.6) is 0 Å². The van der Waals surface area contributed by atoms with Gasteiger partial charge in [-0.25, -0.2) is 4.79 Å². The molecule has 2 heterocycles. The average Bonchev–Trinajstić information content (AvgIpc) is 3.80. The molecular formula is C40H44N2O7. The van der Waals surface area contributed by atoms with Crippen molar-refractivity contribution in [2.45, 2.75) is 88.5 Å². The fourth-order valence-electron chi connectivity index (χ4n) is 5.77. The number of furan rings is 2. The normalized spacial score (nSPS) is 22.6. The van der Waals surface area contributed by atoms with Crippen LogP contribution in [-0.4, -0.2) is 50.5 Å². The maximum absolute atomic E-state index is 12.1. The van der Waals surface area contributed by atoms with Crippen LogP contribution in [0.1, 0.15) is 94.3 Å². The lowest BCUT2D eigenvalue weighted by Crippen LogP contribution is -2.45. The fraction of sp³-hybridized carbons (Fsp3) is 0.350. The Kier molecular flexibility index (Phi) is 13.0. The minimum atomic E-state index is -1.06. The summed E-state index contributed by atoms with van der Waals surface area (Å²) in [5, 5.41) is 32.3. The summed E-state index contributed by atoms with van der Waals surface area (Å²) in [4.78, 5) is 22.1. The van der Waals surface area contributed by atoms with E-state index in [4.69, 9.17) is 15.3 Å². The zero-order valence-electron chi connectivity index (χ0n) is 27.9. The highest BCUT2D eigenvalue weighted by Gasteiger charge is 2.34. The Bertz CT molecular complexity index is 1790. The number of nitrogens with two attached hydrogens (primary N) is 1. The lowest BCUT2D eigenvalue weighted by atomic mass is 9.82. The van der Waals surface area contributed by atoms with Crippen molar-refractivity contribution in [3.05, 3.63) is 119 Å². The molecule has 2 saturated carbocycles. The lowest BCUT2D eigenvalue weighted by Gasteiger charge is -2.33. The molecule has 49 heavy (non-hydrogen) atoms. The third-order valence-corrected chi connectivity index (χ3v) is 8.29. The molecule has 4 aromatic rings. The van der Waals surface area contributed by atoms with Gasteiger partial charge in [-0.1, -0.05) is 47.9 Å². The van der Waals surface area contributed by atoms with Gasteiger partial charge in [-0.05, 0) is 99.9 Å². The van der Waals surface area contributed by atoms with Crippen LogP contribution in [0.15, 0.2) is 94.6 Å². The number of carbonyl (C=O) groups excluding carboxylic acids is 1. The first kappa shape index (κ1) is 36.8. The monoisotopic (exact) mass is 664 g/mol. The van der Waals surface area contributed by atoms with E-state index >= 15 is 0 Å². The van der Waals surface area contributed by atoms with Crippen molar-refractivity contribution in [1.29, 1.82) is 0 Å². The summed E-state index contributed by atoms with van der Waals surface area (Å²) in [6.45, 7) is 4.05. The number of aliphatic hydroxyl groups is 2. The highest BCUT2D eigenvalue weighted by molar-refractivity contribution is 5.94. The molecule has 0 aliphatic heterocycles. The number of nitrogens with one attached hydrogen (secondary N) is 1. The Morgan fingerprint density at radius 1 is 0.796 bits per heavy atom. The van der Waals surface area contributed by atoms with Gasteiger partial charge in [0, 0.05) is 36.1 Å². The number of aromatic carboxylic acids is 1. The van der Waals surface area contributed by atoms with Gasteiger partial charge in [0.2, 0.25) is 0 Å². The third kappa shape index (κ3) is 12.2.